The highest BCUT2D eigenvalue weighted by molar-refractivity contribution is 6.07. The molecule has 1 aromatic rings. The Hall–Kier alpha value is -3.15. The van der Waals surface area contributed by atoms with Gasteiger partial charge >= 0.3 is 12.1 Å². The molecule has 0 radical (unpaired) electrons. The zero-order valence-corrected chi connectivity index (χ0v) is 10.8. The number of aliphatic carboxylic acids is 1. The minimum absolute atomic E-state index is 0.0581. The summed E-state index contributed by atoms with van der Waals surface area (Å²) in [5.74, 6) is -1.63. The van der Waals surface area contributed by atoms with Gasteiger partial charge in [-0.1, -0.05) is 36.4 Å². The van der Waals surface area contributed by atoms with Gasteiger partial charge in [-0.15, -0.1) is 0 Å². The summed E-state index contributed by atoms with van der Waals surface area (Å²) in [6.45, 7) is 0. The van der Waals surface area contributed by atoms with Gasteiger partial charge in [0.2, 0.25) is 0 Å². The summed E-state index contributed by atoms with van der Waals surface area (Å²) >= 11 is 0. The molecule has 0 saturated carbocycles. The van der Waals surface area contributed by atoms with Gasteiger partial charge in [-0.3, -0.25) is 10.1 Å². The Labute approximate surface area is 120 Å². The molecule has 0 spiro atoms. The topological polar surface area (TPSA) is 92.7 Å². The molecule has 0 atom stereocenters. The van der Waals surface area contributed by atoms with Crippen molar-refractivity contribution in [3.63, 3.8) is 0 Å². The van der Waals surface area contributed by atoms with Crippen LogP contribution in [-0.2, 0) is 14.3 Å². The number of hydrogen-bond acceptors (Lipinski definition) is 4. The number of rotatable bonds is 4. The van der Waals surface area contributed by atoms with E-state index in [0.717, 1.165) is 17.2 Å². The summed E-state index contributed by atoms with van der Waals surface area (Å²) in [6.07, 6.45) is 6.45. The van der Waals surface area contributed by atoms with Crippen LogP contribution in [-0.4, -0.2) is 23.1 Å². The maximum Gasteiger partial charge on any atom is 0.419 e. The zero-order valence-electron chi connectivity index (χ0n) is 10.8. The molecular weight excluding hydrogens is 274 g/mol. The lowest BCUT2D eigenvalue weighted by Crippen LogP contribution is -2.18. The molecule has 1 heterocycles. The second-order valence-electron chi connectivity index (χ2n) is 4.07. The minimum atomic E-state index is -1.00. The Morgan fingerprint density at radius 2 is 1.71 bits per heavy atom. The Morgan fingerprint density at radius 3 is 2.24 bits per heavy atom. The van der Waals surface area contributed by atoms with E-state index in [-0.39, 0.29) is 5.76 Å². The summed E-state index contributed by atoms with van der Waals surface area (Å²) in [5, 5.41) is 10.5. The zero-order chi connectivity index (χ0) is 15.2. The minimum Gasteiger partial charge on any atom is -0.478 e. The molecule has 1 aliphatic rings. The number of ether oxygens (including phenoxy) is 1. The van der Waals surface area contributed by atoms with Crippen molar-refractivity contribution in [1.29, 1.82) is 0 Å². The van der Waals surface area contributed by atoms with Crippen molar-refractivity contribution in [2.45, 2.75) is 0 Å². The van der Waals surface area contributed by atoms with Crippen LogP contribution < -0.4 is 5.32 Å². The van der Waals surface area contributed by atoms with Gasteiger partial charge in [0.1, 0.15) is 0 Å². The third kappa shape index (κ3) is 4.17. The van der Waals surface area contributed by atoms with Gasteiger partial charge in [0.25, 0.3) is 5.91 Å². The Kier molecular flexibility index (Phi) is 4.30. The first kappa shape index (κ1) is 14.3. The molecule has 0 unspecified atom stereocenters. The highest BCUT2D eigenvalue weighted by Gasteiger charge is 2.25. The summed E-state index contributed by atoms with van der Waals surface area (Å²) < 4.78 is 4.63. The molecular formula is C15H11NO5. The van der Waals surface area contributed by atoms with E-state index in [2.05, 4.69) is 4.74 Å². The van der Waals surface area contributed by atoms with Crippen LogP contribution in [0.2, 0.25) is 0 Å². The average Bonchev–Trinajstić information content (AvgIpc) is 2.76. The largest absolute Gasteiger partial charge is 0.478 e. The van der Waals surface area contributed by atoms with Crippen LogP contribution in [0.5, 0.6) is 0 Å². The molecule has 2 amide bonds. The summed E-state index contributed by atoms with van der Waals surface area (Å²) in [4.78, 5) is 32.3. The van der Waals surface area contributed by atoms with Crippen LogP contribution in [0.25, 0.3) is 12.2 Å². The van der Waals surface area contributed by atoms with Gasteiger partial charge in [0.15, 0.2) is 5.76 Å². The predicted molar refractivity (Wildman–Crippen MR) is 74.9 cm³/mol. The number of carboxylic acids is 1. The van der Waals surface area contributed by atoms with E-state index in [0.29, 0.717) is 0 Å². The molecule has 0 aliphatic carbocycles. The summed E-state index contributed by atoms with van der Waals surface area (Å²) in [7, 11) is 0. The molecule has 2 N–H and O–H groups in total. The van der Waals surface area contributed by atoms with Crippen molar-refractivity contribution in [3.05, 3.63) is 59.4 Å². The van der Waals surface area contributed by atoms with E-state index in [1.807, 2.05) is 5.32 Å². The predicted octanol–water partition coefficient (Wildman–Crippen LogP) is 1.95. The molecule has 2 rings (SSSR count). The lowest BCUT2D eigenvalue weighted by Gasteiger charge is -1.95. The number of amides is 2. The molecule has 0 aromatic heterocycles. The van der Waals surface area contributed by atoms with Crippen molar-refractivity contribution in [2.75, 3.05) is 0 Å². The van der Waals surface area contributed by atoms with Gasteiger partial charge in [-0.2, -0.15) is 0 Å². The SMILES string of the molecule is O=C(O)C=Cc1ccc(C=CC=C2OC(=O)NC2=O)cc1. The fourth-order valence-electron chi connectivity index (χ4n) is 1.57. The number of carbonyl (C=O) groups excluding carboxylic acids is 2. The number of nitrogens with one attached hydrogen (secondary N) is 1. The van der Waals surface area contributed by atoms with Crippen molar-refractivity contribution in [2.24, 2.45) is 0 Å². The van der Waals surface area contributed by atoms with Crippen LogP contribution in [0.1, 0.15) is 11.1 Å². The number of allylic oxidation sites excluding steroid dienone is 2. The summed E-state index contributed by atoms with van der Waals surface area (Å²) in [5.41, 5.74) is 1.61. The van der Waals surface area contributed by atoms with Gasteiger partial charge in [-0.25, -0.2) is 9.59 Å². The molecule has 1 aliphatic heterocycles. The normalized spacial score (nSPS) is 16.7. The summed E-state index contributed by atoms with van der Waals surface area (Å²) in [6, 6.07) is 7.09. The first-order valence-corrected chi connectivity index (χ1v) is 5.97. The molecule has 6 heteroatoms. The molecule has 1 fully saturated rings. The number of carboxylic acid groups (broad SMARTS) is 1. The van der Waals surface area contributed by atoms with E-state index in [1.54, 1.807) is 36.4 Å². The van der Waals surface area contributed by atoms with Gasteiger partial charge in [0.05, 0.1) is 0 Å². The maximum atomic E-state index is 11.2. The van der Waals surface area contributed by atoms with Crippen molar-refractivity contribution < 1.29 is 24.2 Å². The monoisotopic (exact) mass is 285 g/mol. The van der Waals surface area contributed by atoms with Gasteiger partial charge in [0, 0.05) is 6.08 Å². The standard InChI is InChI=1S/C15H11NO5/c17-13(18)9-8-11-6-4-10(5-7-11)2-1-3-12-14(19)16-15(20)21-12/h1-9H,(H,17,18)(H,16,19,20). The molecule has 1 aromatic carbocycles. The Balaban J connectivity index is 2.02. The van der Waals surface area contributed by atoms with Crippen molar-refractivity contribution in [3.8, 4) is 0 Å². The Morgan fingerprint density at radius 1 is 1.10 bits per heavy atom. The van der Waals surface area contributed by atoms with E-state index in [1.165, 1.54) is 12.2 Å². The highest BCUT2D eigenvalue weighted by Crippen LogP contribution is 2.10. The van der Waals surface area contributed by atoms with Gasteiger partial charge < -0.3 is 9.84 Å². The quantitative estimate of drug-likeness (QED) is 0.825. The van der Waals surface area contributed by atoms with E-state index >= 15 is 0 Å². The maximum absolute atomic E-state index is 11.2. The number of cyclic esters (lactones) is 1. The highest BCUT2D eigenvalue weighted by atomic mass is 16.6. The number of alkyl carbamates (subject to hydrolysis) is 1. The third-order valence-corrected chi connectivity index (χ3v) is 2.53. The van der Waals surface area contributed by atoms with Crippen LogP contribution in [0.3, 0.4) is 0 Å². The number of hydrogen-bond donors (Lipinski definition) is 2. The molecule has 21 heavy (non-hydrogen) atoms. The molecule has 1 saturated heterocycles. The molecule has 106 valence electrons. The smallest absolute Gasteiger partial charge is 0.419 e. The molecule has 6 nitrogen and oxygen atoms in total. The third-order valence-electron chi connectivity index (χ3n) is 2.53. The number of benzene rings is 1. The van der Waals surface area contributed by atoms with Crippen molar-refractivity contribution >= 4 is 30.1 Å². The van der Waals surface area contributed by atoms with Gasteiger partial charge in [-0.05, 0) is 23.3 Å². The molecule has 0 bridgehead atoms. The second-order valence-corrected chi connectivity index (χ2v) is 4.07. The van der Waals surface area contributed by atoms with E-state index in [9.17, 15) is 14.4 Å². The van der Waals surface area contributed by atoms with Crippen LogP contribution in [0.15, 0.2) is 48.3 Å². The fourth-order valence-corrected chi connectivity index (χ4v) is 1.57. The second kappa shape index (κ2) is 6.33. The number of imide groups is 1. The lowest BCUT2D eigenvalue weighted by atomic mass is 10.1. The van der Waals surface area contributed by atoms with E-state index < -0.39 is 18.0 Å². The average molecular weight is 285 g/mol. The first-order valence-electron chi connectivity index (χ1n) is 5.97. The van der Waals surface area contributed by atoms with E-state index in [4.69, 9.17) is 5.11 Å². The van der Waals surface area contributed by atoms with Crippen LogP contribution in [0.4, 0.5) is 4.79 Å². The van der Waals surface area contributed by atoms with Crippen LogP contribution >= 0.6 is 0 Å². The van der Waals surface area contributed by atoms with Crippen molar-refractivity contribution in [1.82, 2.24) is 5.32 Å². The lowest BCUT2D eigenvalue weighted by molar-refractivity contribution is -0.131. The first-order chi connectivity index (χ1) is 10.0. The number of carbonyl (C=O) groups is 3. The fraction of sp³-hybridized carbons (Fsp3) is 0. The Bertz CT molecular complexity index is 668. The van der Waals surface area contributed by atoms with Crippen LogP contribution in [0, 0.1) is 0 Å².